The van der Waals surface area contributed by atoms with Crippen molar-refractivity contribution in [2.24, 2.45) is 0 Å². The lowest BCUT2D eigenvalue weighted by molar-refractivity contribution is -0.128. The third-order valence-electron chi connectivity index (χ3n) is 4.18. The maximum absolute atomic E-state index is 12.5. The molecule has 1 atom stereocenters. The Morgan fingerprint density at radius 2 is 1.81 bits per heavy atom. The van der Waals surface area contributed by atoms with Crippen LogP contribution in [0.2, 0.25) is 5.02 Å². The zero-order chi connectivity index (χ0) is 18.7. The number of hydrogen-bond donors (Lipinski definition) is 0. The van der Waals surface area contributed by atoms with Gasteiger partial charge < -0.3 is 19.1 Å². The molecule has 138 valence electrons. The van der Waals surface area contributed by atoms with Crippen molar-refractivity contribution in [1.82, 2.24) is 4.90 Å². The van der Waals surface area contributed by atoms with Crippen LogP contribution in [0.3, 0.4) is 0 Å². The fourth-order valence-corrected chi connectivity index (χ4v) is 4.36. The summed E-state index contributed by atoms with van der Waals surface area (Å²) in [7, 11) is 4.72. The minimum absolute atomic E-state index is 0.0692. The van der Waals surface area contributed by atoms with E-state index in [1.165, 1.54) is 0 Å². The monoisotopic (exact) mass is 393 g/mol. The van der Waals surface area contributed by atoms with Crippen LogP contribution in [0.5, 0.6) is 17.2 Å². The maximum Gasteiger partial charge on any atom is 0.234 e. The van der Waals surface area contributed by atoms with Gasteiger partial charge in [-0.05, 0) is 35.4 Å². The molecule has 1 fully saturated rings. The number of carbonyl (C=O) groups excluding carboxylic acids is 1. The molecule has 2 aromatic carbocycles. The molecule has 0 radical (unpaired) electrons. The van der Waals surface area contributed by atoms with E-state index in [9.17, 15) is 4.79 Å². The van der Waals surface area contributed by atoms with Crippen molar-refractivity contribution in [3.05, 3.63) is 52.5 Å². The molecule has 1 saturated heterocycles. The van der Waals surface area contributed by atoms with Gasteiger partial charge in [-0.25, -0.2) is 0 Å². The van der Waals surface area contributed by atoms with Gasteiger partial charge in [-0.2, -0.15) is 0 Å². The van der Waals surface area contributed by atoms with Gasteiger partial charge >= 0.3 is 0 Å². The highest BCUT2D eigenvalue weighted by atomic mass is 35.5. The standard InChI is InChI=1S/C19H20ClNO4S/c1-23-15-7-12(8-16(24-2)18(15)25-3)10-21-17(22)11-26-19(21)13-5-4-6-14(20)9-13/h4-9,19H,10-11H2,1-3H3. The topological polar surface area (TPSA) is 48.0 Å². The van der Waals surface area contributed by atoms with E-state index in [4.69, 9.17) is 25.8 Å². The molecule has 5 nitrogen and oxygen atoms in total. The van der Waals surface area contributed by atoms with Gasteiger partial charge in [0.05, 0.1) is 27.1 Å². The molecular weight excluding hydrogens is 374 g/mol. The Kier molecular flexibility index (Phi) is 5.84. The highest BCUT2D eigenvalue weighted by Crippen LogP contribution is 2.42. The Labute approximate surface area is 162 Å². The molecule has 1 heterocycles. The van der Waals surface area contributed by atoms with Crippen molar-refractivity contribution in [3.8, 4) is 17.2 Å². The van der Waals surface area contributed by atoms with Crippen molar-refractivity contribution < 1.29 is 19.0 Å². The Morgan fingerprint density at radius 1 is 1.12 bits per heavy atom. The summed E-state index contributed by atoms with van der Waals surface area (Å²) in [6.45, 7) is 0.444. The van der Waals surface area contributed by atoms with Crippen LogP contribution in [0.15, 0.2) is 36.4 Å². The molecule has 1 amide bonds. The van der Waals surface area contributed by atoms with E-state index in [-0.39, 0.29) is 11.3 Å². The predicted molar refractivity (Wildman–Crippen MR) is 103 cm³/mol. The Morgan fingerprint density at radius 3 is 2.38 bits per heavy atom. The molecule has 0 spiro atoms. The molecule has 0 bridgehead atoms. The number of rotatable bonds is 6. The van der Waals surface area contributed by atoms with Crippen LogP contribution in [0.4, 0.5) is 0 Å². The molecular formula is C19H20ClNO4S. The van der Waals surface area contributed by atoms with Crippen molar-refractivity contribution >= 4 is 29.3 Å². The molecule has 1 aliphatic heterocycles. The SMILES string of the molecule is COc1cc(CN2C(=O)CSC2c2cccc(Cl)c2)cc(OC)c1OC. The third kappa shape index (κ3) is 3.71. The molecule has 1 unspecified atom stereocenters. The van der Waals surface area contributed by atoms with E-state index in [1.54, 1.807) is 33.1 Å². The Hall–Kier alpha value is -2.05. The first-order valence-corrected chi connectivity index (χ1v) is 9.45. The number of carbonyl (C=O) groups is 1. The third-order valence-corrected chi connectivity index (χ3v) is 5.67. The first-order chi connectivity index (χ1) is 12.6. The van der Waals surface area contributed by atoms with Gasteiger partial charge in [0.2, 0.25) is 11.7 Å². The number of halogens is 1. The summed E-state index contributed by atoms with van der Waals surface area (Å²) in [6, 6.07) is 11.4. The molecule has 7 heteroatoms. The number of nitrogens with zero attached hydrogens (tertiary/aromatic N) is 1. The van der Waals surface area contributed by atoms with Crippen molar-refractivity contribution in [2.75, 3.05) is 27.1 Å². The molecule has 2 aromatic rings. The van der Waals surface area contributed by atoms with E-state index in [0.717, 1.165) is 11.1 Å². The van der Waals surface area contributed by atoms with Gasteiger partial charge in [0.15, 0.2) is 11.5 Å². The minimum Gasteiger partial charge on any atom is -0.493 e. The first-order valence-electron chi connectivity index (χ1n) is 8.02. The minimum atomic E-state index is -0.0692. The lowest BCUT2D eigenvalue weighted by Crippen LogP contribution is -2.27. The van der Waals surface area contributed by atoms with Gasteiger partial charge in [0.1, 0.15) is 5.37 Å². The summed E-state index contributed by atoms with van der Waals surface area (Å²) in [5.41, 5.74) is 1.92. The lowest BCUT2D eigenvalue weighted by Gasteiger charge is -2.25. The van der Waals surface area contributed by atoms with E-state index >= 15 is 0 Å². The van der Waals surface area contributed by atoms with Crippen molar-refractivity contribution in [1.29, 1.82) is 0 Å². The highest BCUT2D eigenvalue weighted by molar-refractivity contribution is 8.00. The summed E-state index contributed by atoms with van der Waals surface area (Å²) in [5, 5.41) is 0.593. The smallest absolute Gasteiger partial charge is 0.234 e. The largest absolute Gasteiger partial charge is 0.493 e. The van der Waals surface area contributed by atoms with Crippen LogP contribution in [-0.2, 0) is 11.3 Å². The Bertz CT molecular complexity index is 789. The van der Waals surface area contributed by atoms with E-state index in [0.29, 0.717) is 34.6 Å². The second-order valence-corrected chi connectivity index (χ2v) is 7.28. The number of hydrogen-bond acceptors (Lipinski definition) is 5. The maximum atomic E-state index is 12.5. The van der Waals surface area contributed by atoms with Gasteiger partial charge in [0.25, 0.3) is 0 Å². The summed E-state index contributed by atoms with van der Waals surface area (Å²) in [6.07, 6.45) is 0. The van der Waals surface area contributed by atoms with Crippen molar-refractivity contribution in [3.63, 3.8) is 0 Å². The molecule has 1 aliphatic rings. The quantitative estimate of drug-likeness (QED) is 0.738. The van der Waals surface area contributed by atoms with Crippen LogP contribution in [0, 0.1) is 0 Å². The fraction of sp³-hybridized carbons (Fsp3) is 0.316. The highest BCUT2D eigenvalue weighted by Gasteiger charge is 2.33. The molecule has 0 N–H and O–H groups in total. The molecule has 0 aliphatic carbocycles. The van der Waals surface area contributed by atoms with E-state index in [1.807, 2.05) is 41.3 Å². The van der Waals surface area contributed by atoms with Gasteiger partial charge in [0, 0.05) is 11.6 Å². The number of ether oxygens (including phenoxy) is 3. The molecule has 0 aromatic heterocycles. The van der Waals surface area contributed by atoms with Crippen LogP contribution < -0.4 is 14.2 Å². The second kappa shape index (κ2) is 8.10. The normalized spacial score (nSPS) is 16.7. The summed E-state index contributed by atoms with van der Waals surface area (Å²) < 4.78 is 16.2. The Balaban J connectivity index is 1.92. The zero-order valence-electron chi connectivity index (χ0n) is 14.8. The lowest BCUT2D eigenvalue weighted by atomic mass is 10.1. The van der Waals surface area contributed by atoms with Crippen LogP contribution >= 0.6 is 23.4 Å². The van der Waals surface area contributed by atoms with Crippen molar-refractivity contribution in [2.45, 2.75) is 11.9 Å². The number of benzene rings is 2. The number of thioether (sulfide) groups is 1. The predicted octanol–water partition coefficient (Wildman–Crippen LogP) is 4.14. The average Bonchev–Trinajstić information content (AvgIpc) is 3.01. The molecule has 26 heavy (non-hydrogen) atoms. The number of methoxy groups -OCH3 is 3. The van der Waals surface area contributed by atoms with Gasteiger partial charge in [-0.15, -0.1) is 11.8 Å². The molecule has 3 rings (SSSR count). The van der Waals surface area contributed by atoms with E-state index < -0.39 is 0 Å². The van der Waals surface area contributed by atoms with E-state index in [2.05, 4.69) is 0 Å². The summed E-state index contributed by atoms with van der Waals surface area (Å²) >= 11 is 7.72. The van der Waals surface area contributed by atoms with Gasteiger partial charge in [-0.3, -0.25) is 4.79 Å². The van der Waals surface area contributed by atoms with Crippen LogP contribution in [0.25, 0.3) is 0 Å². The summed E-state index contributed by atoms with van der Waals surface area (Å²) in [5.74, 6) is 2.21. The average molecular weight is 394 g/mol. The number of amides is 1. The fourth-order valence-electron chi connectivity index (χ4n) is 2.98. The van der Waals surface area contributed by atoms with Crippen LogP contribution in [-0.4, -0.2) is 37.9 Å². The molecule has 0 saturated carbocycles. The first kappa shape index (κ1) is 18.7. The van der Waals surface area contributed by atoms with Gasteiger partial charge in [-0.1, -0.05) is 23.7 Å². The summed E-state index contributed by atoms with van der Waals surface area (Å²) in [4.78, 5) is 14.3. The second-order valence-electron chi connectivity index (χ2n) is 5.77. The zero-order valence-corrected chi connectivity index (χ0v) is 16.4. The van der Waals surface area contributed by atoms with Crippen LogP contribution in [0.1, 0.15) is 16.5 Å².